The van der Waals surface area contributed by atoms with Gasteiger partial charge in [-0.2, -0.15) is 0 Å². The third kappa shape index (κ3) is 3.47. The van der Waals surface area contributed by atoms with Gasteiger partial charge in [-0.15, -0.1) is 12.4 Å². The number of benzene rings is 1. The Balaban J connectivity index is 0.00000196. The second-order valence-electron chi connectivity index (χ2n) is 2.88. The van der Waals surface area contributed by atoms with E-state index in [1.807, 2.05) is 0 Å². The topological polar surface area (TPSA) is 46.2 Å². The maximum atomic E-state index is 13.3. The van der Waals surface area contributed by atoms with Crippen LogP contribution in [0.3, 0.4) is 0 Å². The van der Waals surface area contributed by atoms with Gasteiger partial charge in [0.15, 0.2) is 0 Å². The predicted molar refractivity (Wildman–Crippen MR) is 62.3 cm³/mol. The van der Waals surface area contributed by atoms with Crippen molar-refractivity contribution in [1.82, 2.24) is 0 Å². The second-order valence-corrected chi connectivity index (χ2v) is 3.66. The van der Waals surface area contributed by atoms with Crippen molar-refractivity contribution in [2.45, 2.75) is 12.5 Å². The standard InChI is InChI=1S/C9H10Cl2FNO.ClH/c10-5-1-2-6(12)8(9(5)11)7(13)3-4-14;/h1-2,7,14H,3-4,13H2;1H/t7-;/m0./s1. The second kappa shape index (κ2) is 6.51. The predicted octanol–water partition coefficient (Wildman–Crippen LogP) is 2.94. The molecule has 1 aromatic rings. The van der Waals surface area contributed by atoms with Gasteiger partial charge in [-0.25, -0.2) is 4.39 Å². The van der Waals surface area contributed by atoms with Crippen LogP contribution >= 0.6 is 35.6 Å². The average Bonchev–Trinajstić information content (AvgIpc) is 2.13. The van der Waals surface area contributed by atoms with Gasteiger partial charge in [-0.3, -0.25) is 0 Å². The smallest absolute Gasteiger partial charge is 0.129 e. The van der Waals surface area contributed by atoms with Gasteiger partial charge in [0.2, 0.25) is 0 Å². The fourth-order valence-electron chi connectivity index (χ4n) is 1.17. The number of aliphatic hydroxyl groups is 1. The summed E-state index contributed by atoms with van der Waals surface area (Å²) in [5.41, 5.74) is 5.79. The number of hydrogen-bond acceptors (Lipinski definition) is 2. The quantitative estimate of drug-likeness (QED) is 0.833. The molecule has 0 aliphatic heterocycles. The van der Waals surface area contributed by atoms with Gasteiger partial charge in [0.05, 0.1) is 10.0 Å². The van der Waals surface area contributed by atoms with Crippen molar-refractivity contribution in [3.05, 3.63) is 33.6 Å². The van der Waals surface area contributed by atoms with Crippen molar-refractivity contribution in [2.24, 2.45) is 5.73 Å². The molecule has 86 valence electrons. The molecule has 0 amide bonds. The molecule has 0 saturated heterocycles. The third-order valence-electron chi connectivity index (χ3n) is 1.89. The van der Waals surface area contributed by atoms with Crippen LogP contribution < -0.4 is 5.73 Å². The summed E-state index contributed by atoms with van der Waals surface area (Å²) in [5.74, 6) is -0.500. The molecule has 2 nitrogen and oxygen atoms in total. The molecule has 1 atom stereocenters. The van der Waals surface area contributed by atoms with Crippen LogP contribution in [0.2, 0.25) is 10.0 Å². The minimum Gasteiger partial charge on any atom is -0.396 e. The first-order chi connectivity index (χ1) is 6.57. The fourth-order valence-corrected chi connectivity index (χ4v) is 1.62. The van der Waals surface area contributed by atoms with E-state index in [1.165, 1.54) is 12.1 Å². The monoisotopic (exact) mass is 273 g/mol. The Labute approximate surface area is 104 Å². The summed E-state index contributed by atoms with van der Waals surface area (Å²) in [7, 11) is 0. The fraction of sp³-hybridized carbons (Fsp3) is 0.333. The maximum absolute atomic E-state index is 13.3. The Kier molecular flexibility index (Phi) is 6.48. The number of rotatable bonds is 3. The highest BCUT2D eigenvalue weighted by Gasteiger charge is 2.17. The third-order valence-corrected chi connectivity index (χ3v) is 2.71. The van der Waals surface area contributed by atoms with Crippen LogP contribution in [0.5, 0.6) is 0 Å². The molecular weight excluding hydrogens is 263 g/mol. The first-order valence-electron chi connectivity index (χ1n) is 4.07. The summed E-state index contributed by atoms with van der Waals surface area (Å²) in [6, 6.07) is 1.95. The Bertz CT molecular complexity index is 335. The molecule has 0 saturated carbocycles. The van der Waals surface area contributed by atoms with Crippen LogP contribution in [0.4, 0.5) is 4.39 Å². The highest BCUT2D eigenvalue weighted by molar-refractivity contribution is 6.42. The first-order valence-corrected chi connectivity index (χ1v) is 4.83. The largest absolute Gasteiger partial charge is 0.396 e. The zero-order valence-corrected chi connectivity index (χ0v) is 10.0. The summed E-state index contributed by atoms with van der Waals surface area (Å²) in [4.78, 5) is 0. The van der Waals surface area contributed by atoms with E-state index in [-0.39, 0.29) is 41.0 Å². The maximum Gasteiger partial charge on any atom is 0.129 e. The van der Waals surface area contributed by atoms with Crippen molar-refractivity contribution in [3.8, 4) is 0 Å². The SMILES string of the molecule is Cl.N[C@@H](CCO)c1c(F)ccc(Cl)c1Cl. The zero-order chi connectivity index (χ0) is 10.7. The molecule has 0 aliphatic carbocycles. The van der Waals surface area contributed by atoms with Crippen LogP contribution in [0.15, 0.2) is 12.1 Å². The summed E-state index contributed by atoms with van der Waals surface area (Å²) >= 11 is 11.5. The van der Waals surface area contributed by atoms with Crippen molar-refractivity contribution in [1.29, 1.82) is 0 Å². The lowest BCUT2D eigenvalue weighted by Gasteiger charge is -2.13. The molecule has 6 heteroatoms. The van der Waals surface area contributed by atoms with Gasteiger partial charge in [0.25, 0.3) is 0 Å². The molecule has 0 aliphatic rings. The van der Waals surface area contributed by atoms with Gasteiger partial charge >= 0.3 is 0 Å². The first kappa shape index (κ1) is 14.9. The van der Waals surface area contributed by atoms with Crippen molar-refractivity contribution in [2.75, 3.05) is 6.61 Å². The van der Waals surface area contributed by atoms with E-state index >= 15 is 0 Å². The van der Waals surface area contributed by atoms with Crippen molar-refractivity contribution in [3.63, 3.8) is 0 Å². The van der Waals surface area contributed by atoms with E-state index in [0.29, 0.717) is 0 Å². The highest BCUT2D eigenvalue weighted by Crippen LogP contribution is 2.32. The van der Waals surface area contributed by atoms with Gasteiger partial charge < -0.3 is 10.8 Å². The molecular formula is C9H11Cl3FNO. The molecule has 0 fully saturated rings. The van der Waals surface area contributed by atoms with Gasteiger partial charge in [-0.1, -0.05) is 23.2 Å². The Morgan fingerprint density at radius 2 is 2.00 bits per heavy atom. The summed E-state index contributed by atoms with van der Waals surface area (Å²) < 4.78 is 13.3. The Hall–Kier alpha value is -0.0600. The minimum atomic E-state index is -0.633. The molecule has 0 spiro atoms. The Morgan fingerprint density at radius 1 is 1.40 bits per heavy atom. The van der Waals surface area contributed by atoms with Crippen molar-refractivity contribution >= 4 is 35.6 Å². The summed E-state index contributed by atoms with van der Waals surface area (Å²) in [6.45, 7) is -0.122. The molecule has 0 bridgehead atoms. The average molecular weight is 275 g/mol. The van der Waals surface area contributed by atoms with Gasteiger partial charge in [-0.05, 0) is 18.6 Å². The highest BCUT2D eigenvalue weighted by atomic mass is 35.5. The van der Waals surface area contributed by atoms with Crippen LogP contribution in [-0.2, 0) is 0 Å². The zero-order valence-electron chi connectivity index (χ0n) is 7.71. The van der Waals surface area contributed by atoms with Crippen LogP contribution in [-0.4, -0.2) is 11.7 Å². The molecule has 1 aromatic carbocycles. The summed E-state index contributed by atoms with van der Waals surface area (Å²) in [6.07, 6.45) is 0.247. The van der Waals surface area contributed by atoms with E-state index in [0.717, 1.165) is 0 Å². The number of hydrogen-bond donors (Lipinski definition) is 2. The van der Waals surface area contributed by atoms with Crippen LogP contribution in [0.25, 0.3) is 0 Å². The van der Waals surface area contributed by atoms with Crippen LogP contribution in [0.1, 0.15) is 18.0 Å². The normalized spacial score (nSPS) is 12.1. The Morgan fingerprint density at radius 3 is 2.53 bits per heavy atom. The number of aliphatic hydroxyl groups excluding tert-OH is 1. The molecule has 0 heterocycles. The van der Waals surface area contributed by atoms with Gasteiger partial charge in [0.1, 0.15) is 5.82 Å². The van der Waals surface area contributed by atoms with E-state index in [4.69, 9.17) is 34.0 Å². The van der Waals surface area contributed by atoms with E-state index in [9.17, 15) is 4.39 Å². The van der Waals surface area contributed by atoms with Crippen LogP contribution in [0, 0.1) is 5.82 Å². The molecule has 0 radical (unpaired) electrons. The summed E-state index contributed by atoms with van der Waals surface area (Å²) in [5, 5.41) is 9.05. The minimum absolute atomic E-state index is 0. The molecule has 0 aromatic heterocycles. The lowest BCUT2D eigenvalue weighted by atomic mass is 10.0. The van der Waals surface area contributed by atoms with E-state index in [2.05, 4.69) is 0 Å². The molecule has 3 N–H and O–H groups in total. The van der Waals surface area contributed by atoms with Gasteiger partial charge in [0, 0.05) is 18.2 Å². The molecule has 15 heavy (non-hydrogen) atoms. The molecule has 0 unspecified atom stereocenters. The van der Waals surface area contributed by atoms with Crippen molar-refractivity contribution < 1.29 is 9.50 Å². The number of nitrogens with two attached hydrogens (primary N) is 1. The van der Waals surface area contributed by atoms with E-state index < -0.39 is 11.9 Å². The lowest BCUT2D eigenvalue weighted by Crippen LogP contribution is -2.14. The number of halogens is 4. The molecule has 1 rings (SSSR count). The lowest BCUT2D eigenvalue weighted by molar-refractivity contribution is 0.275. The van der Waals surface area contributed by atoms with E-state index in [1.54, 1.807) is 0 Å².